The van der Waals surface area contributed by atoms with Crippen molar-refractivity contribution in [3.8, 4) is 0 Å². The average Bonchev–Trinajstić information content (AvgIpc) is 3.01. The van der Waals surface area contributed by atoms with E-state index in [1.807, 2.05) is 49.4 Å². The van der Waals surface area contributed by atoms with Gasteiger partial charge in [0, 0.05) is 10.9 Å². The van der Waals surface area contributed by atoms with Crippen molar-refractivity contribution < 1.29 is 14.3 Å². The molecule has 0 bridgehead atoms. The third-order valence-corrected chi connectivity index (χ3v) is 4.46. The van der Waals surface area contributed by atoms with Gasteiger partial charge in [-0.3, -0.25) is 4.79 Å². The largest absolute Gasteiger partial charge is 0.481 e. The number of aryl methyl sites for hydroxylation is 1. The zero-order valence-electron chi connectivity index (χ0n) is 12.9. The third-order valence-electron chi connectivity index (χ3n) is 4.00. The number of hydrogen-bond acceptors (Lipinski definition) is 3. The Morgan fingerprint density at radius 1 is 1.17 bits per heavy atom. The normalized spacial score (nSPS) is 12.3. The maximum absolute atomic E-state index is 11.3. The van der Waals surface area contributed by atoms with Gasteiger partial charge in [-0.25, -0.2) is 0 Å². The number of rotatable bonds is 4. The van der Waals surface area contributed by atoms with Crippen LogP contribution in [0.25, 0.3) is 11.0 Å². The molecular weight excluding hydrogens is 308 g/mol. The second kappa shape index (κ2) is 5.97. The summed E-state index contributed by atoms with van der Waals surface area (Å²) in [5.41, 5.74) is 4.25. The average molecular weight is 324 g/mol. The first-order valence-electron chi connectivity index (χ1n) is 7.32. The van der Waals surface area contributed by atoms with Gasteiger partial charge in [0.15, 0.2) is 0 Å². The predicted molar refractivity (Wildman–Crippen MR) is 94.2 cm³/mol. The van der Waals surface area contributed by atoms with Crippen LogP contribution in [0.1, 0.15) is 35.1 Å². The van der Waals surface area contributed by atoms with Gasteiger partial charge in [-0.05, 0) is 43.2 Å². The molecule has 0 spiro atoms. The fourth-order valence-electron chi connectivity index (χ4n) is 2.53. The highest BCUT2D eigenvalue weighted by molar-refractivity contribution is 7.81. The first-order valence-corrected chi connectivity index (χ1v) is 7.73. The minimum absolute atomic E-state index is 0.603. The Balaban J connectivity index is 2.15. The molecule has 0 radical (unpaired) electrons. The van der Waals surface area contributed by atoms with Crippen molar-refractivity contribution >= 4 is 34.0 Å². The van der Waals surface area contributed by atoms with Gasteiger partial charge < -0.3 is 9.52 Å². The topological polar surface area (TPSA) is 50.4 Å². The van der Waals surface area contributed by atoms with Gasteiger partial charge in [0.05, 0.1) is 17.0 Å². The van der Waals surface area contributed by atoms with Crippen LogP contribution in [-0.2, 0) is 4.79 Å². The number of carboxylic acid groups (broad SMARTS) is 1. The fraction of sp³-hybridized carbons (Fsp3) is 0.158. The van der Waals surface area contributed by atoms with Gasteiger partial charge in [0.25, 0.3) is 0 Å². The van der Waals surface area contributed by atoms with Crippen LogP contribution in [0.4, 0.5) is 0 Å². The van der Waals surface area contributed by atoms with E-state index in [4.69, 9.17) is 16.6 Å². The second-order valence-corrected chi connectivity index (χ2v) is 6.07. The lowest BCUT2D eigenvalue weighted by Gasteiger charge is -2.11. The minimum Gasteiger partial charge on any atom is -0.481 e. The molecule has 116 valence electrons. The summed E-state index contributed by atoms with van der Waals surface area (Å²) in [6, 6.07) is 13.5. The van der Waals surface area contributed by atoms with Crippen LogP contribution in [0.3, 0.4) is 0 Å². The molecule has 0 saturated heterocycles. The van der Waals surface area contributed by atoms with Crippen molar-refractivity contribution in [1.82, 2.24) is 0 Å². The smallest absolute Gasteiger partial charge is 0.310 e. The molecule has 0 amide bonds. The highest BCUT2D eigenvalue weighted by Crippen LogP contribution is 2.29. The van der Waals surface area contributed by atoms with E-state index in [9.17, 15) is 9.90 Å². The minimum atomic E-state index is -0.861. The number of carboxylic acids is 1. The van der Waals surface area contributed by atoms with Crippen molar-refractivity contribution in [3.05, 3.63) is 71.0 Å². The molecule has 3 nitrogen and oxygen atoms in total. The third kappa shape index (κ3) is 2.90. The molecule has 0 aliphatic carbocycles. The second-order valence-electron chi connectivity index (χ2n) is 5.66. The molecule has 0 fully saturated rings. The van der Waals surface area contributed by atoms with Gasteiger partial charge in [-0.1, -0.05) is 42.0 Å². The van der Waals surface area contributed by atoms with Crippen LogP contribution in [0.2, 0.25) is 0 Å². The summed E-state index contributed by atoms with van der Waals surface area (Å²) in [6.07, 6.45) is 1.60. The lowest BCUT2D eigenvalue weighted by Crippen LogP contribution is -2.09. The van der Waals surface area contributed by atoms with Gasteiger partial charge in [0.2, 0.25) is 0 Å². The van der Waals surface area contributed by atoms with E-state index in [1.54, 1.807) is 13.2 Å². The molecule has 1 heterocycles. The Labute approximate surface area is 139 Å². The van der Waals surface area contributed by atoms with Crippen LogP contribution < -0.4 is 0 Å². The summed E-state index contributed by atoms with van der Waals surface area (Å²) in [5.74, 6) is -1.46. The monoisotopic (exact) mass is 324 g/mol. The molecule has 1 atom stereocenters. The van der Waals surface area contributed by atoms with Crippen LogP contribution in [0.5, 0.6) is 0 Å². The number of carbonyl (C=O) groups is 1. The number of thiocarbonyl (C=S) groups is 1. The Morgan fingerprint density at radius 3 is 2.52 bits per heavy atom. The summed E-state index contributed by atoms with van der Waals surface area (Å²) in [7, 11) is 0. The van der Waals surface area contributed by atoms with Crippen molar-refractivity contribution in [2.24, 2.45) is 0 Å². The van der Waals surface area contributed by atoms with E-state index in [2.05, 4.69) is 0 Å². The molecule has 1 aromatic heterocycles. The van der Waals surface area contributed by atoms with Crippen molar-refractivity contribution in [2.75, 3.05) is 0 Å². The first kappa shape index (κ1) is 15.4. The van der Waals surface area contributed by atoms with Crippen LogP contribution in [0, 0.1) is 6.92 Å². The van der Waals surface area contributed by atoms with E-state index in [0.29, 0.717) is 10.4 Å². The van der Waals surface area contributed by atoms with Gasteiger partial charge in [0.1, 0.15) is 5.58 Å². The van der Waals surface area contributed by atoms with E-state index in [0.717, 1.165) is 27.6 Å². The van der Waals surface area contributed by atoms with E-state index in [-0.39, 0.29) is 0 Å². The molecule has 3 aromatic rings. The molecule has 3 rings (SSSR count). The van der Waals surface area contributed by atoms with Gasteiger partial charge in [-0.15, -0.1) is 0 Å². The van der Waals surface area contributed by atoms with Crippen molar-refractivity contribution in [3.63, 3.8) is 0 Å². The maximum atomic E-state index is 11.3. The van der Waals surface area contributed by atoms with Crippen LogP contribution >= 0.6 is 12.2 Å². The molecule has 4 heteroatoms. The van der Waals surface area contributed by atoms with Crippen LogP contribution in [0.15, 0.2) is 53.1 Å². The predicted octanol–water partition coefficient (Wildman–Crippen LogP) is 4.70. The maximum Gasteiger partial charge on any atom is 0.310 e. The molecule has 2 aromatic carbocycles. The van der Waals surface area contributed by atoms with Gasteiger partial charge >= 0.3 is 5.97 Å². The zero-order chi connectivity index (χ0) is 16.6. The number of fused-ring (bicyclic) bond motifs is 1. The SMILES string of the molecule is Cc1ccc(C(=S)c2cc(C(C)C(=O)O)cc3ccoc23)cc1. The number of hydrogen-bond donors (Lipinski definition) is 1. The van der Waals surface area contributed by atoms with Crippen molar-refractivity contribution in [2.45, 2.75) is 19.8 Å². The standard InChI is InChI=1S/C19H16O3S/c1-11-3-5-13(6-4-11)18(23)16-10-15(12(2)19(20)21)9-14-7-8-22-17(14)16/h3-10,12H,1-2H3,(H,20,21). The molecule has 1 unspecified atom stereocenters. The van der Waals surface area contributed by atoms with Crippen LogP contribution in [-0.4, -0.2) is 15.9 Å². The van der Waals surface area contributed by atoms with E-state index >= 15 is 0 Å². The van der Waals surface area contributed by atoms with Gasteiger partial charge in [-0.2, -0.15) is 0 Å². The number of aliphatic carboxylic acids is 1. The quantitative estimate of drug-likeness (QED) is 0.558. The lowest BCUT2D eigenvalue weighted by molar-refractivity contribution is -0.138. The summed E-state index contributed by atoms with van der Waals surface area (Å²) < 4.78 is 5.58. The Morgan fingerprint density at radius 2 is 1.87 bits per heavy atom. The highest BCUT2D eigenvalue weighted by Gasteiger charge is 2.19. The molecule has 0 aliphatic rings. The highest BCUT2D eigenvalue weighted by atomic mass is 32.1. The summed E-state index contributed by atoms with van der Waals surface area (Å²) in [5, 5.41) is 10.1. The molecule has 0 saturated carbocycles. The molecule has 1 N–H and O–H groups in total. The summed E-state index contributed by atoms with van der Waals surface area (Å²) in [6.45, 7) is 3.69. The van der Waals surface area contributed by atoms with Crippen molar-refractivity contribution in [1.29, 1.82) is 0 Å². The molecule has 23 heavy (non-hydrogen) atoms. The Bertz CT molecular complexity index is 891. The fourth-order valence-corrected chi connectivity index (χ4v) is 2.81. The molecule has 0 aliphatic heterocycles. The summed E-state index contributed by atoms with van der Waals surface area (Å²) in [4.78, 5) is 12.0. The Kier molecular flexibility index (Phi) is 4.01. The zero-order valence-corrected chi connectivity index (χ0v) is 13.7. The number of furan rings is 1. The van der Waals surface area contributed by atoms with E-state index < -0.39 is 11.9 Å². The Hall–Kier alpha value is -2.46. The summed E-state index contributed by atoms with van der Waals surface area (Å²) >= 11 is 5.63. The first-order chi connectivity index (χ1) is 11.0. The lowest BCUT2D eigenvalue weighted by atomic mass is 9.94. The number of benzene rings is 2. The molecular formula is C19H16O3S. The van der Waals surface area contributed by atoms with E-state index in [1.165, 1.54) is 0 Å².